The number of hydrogen-bond donors (Lipinski definition) is 1. The zero-order chi connectivity index (χ0) is 20.7. The number of nitrogens with one attached hydrogen (secondary N) is 1. The van der Waals surface area contributed by atoms with Gasteiger partial charge in [-0.15, -0.1) is 0 Å². The van der Waals surface area contributed by atoms with Crippen LogP contribution in [0.4, 0.5) is 0 Å². The largest absolute Gasteiger partial charge is 0.482 e. The Morgan fingerprint density at radius 2 is 1.82 bits per heavy atom. The first-order chi connectivity index (χ1) is 13.3. The van der Waals surface area contributed by atoms with E-state index >= 15 is 0 Å². The summed E-state index contributed by atoms with van der Waals surface area (Å²) in [6, 6.07) is 12.0. The van der Waals surface area contributed by atoms with Crippen LogP contribution in [0.25, 0.3) is 0 Å². The minimum atomic E-state index is -0.641. The topological polar surface area (TPSA) is 58.6 Å². The number of amides is 2. The standard InChI is InChI=1S/C21H24Cl2N2O3/c1-4-24-21(27)15(3)25(12-16-7-5-14(2)6-8-16)20(26)13-28-19-10-9-17(22)11-18(19)23/h5-11,15H,4,12-13H2,1-3H3,(H,24,27). The van der Waals surface area contributed by atoms with Gasteiger partial charge in [0.15, 0.2) is 6.61 Å². The molecule has 150 valence electrons. The van der Waals surface area contributed by atoms with Gasteiger partial charge in [-0.25, -0.2) is 0 Å². The number of carbonyl (C=O) groups excluding carboxylic acids is 2. The Hall–Kier alpha value is -2.24. The minimum Gasteiger partial charge on any atom is -0.482 e. The molecule has 0 radical (unpaired) electrons. The van der Waals surface area contributed by atoms with E-state index in [0.29, 0.717) is 28.9 Å². The van der Waals surface area contributed by atoms with Gasteiger partial charge in [0.05, 0.1) is 5.02 Å². The van der Waals surface area contributed by atoms with Crippen molar-refractivity contribution in [3.05, 3.63) is 63.6 Å². The number of benzene rings is 2. The van der Waals surface area contributed by atoms with Crippen molar-refractivity contribution >= 4 is 35.0 Å². The molecule has 28 heavy (non-hydrogen) atoms. The third-order valence-corrected chi connectivity index (χ3v) is 4.77. The SMILES string of the molecule is CCNC(=O)C(C)N(Cc1ccc(C)cc1)C(=O)COc1ccc(Cl)cc1Cl. The Labute approximate surface area is 175 Å². The average Bonchev–Trinajstić information content (AvgIpc) is 2.66. The molecular formula is C21H24Cl2N2O3. The number of carbonyl (C=O) groups is 2. The summed E-state index contributed by atoms with van der Waals surface area (Å²) in [4.78, 5) is 26.7. The van der Waals surface area contributed by atoms with Crippen molar-refractivity contribution in [3.63, 3.8) is 0 Å². The molecular weight excluding hydrogens is 399 g/mol. The molecule has 0 aliphatic rings. The average molecular weight is 423 g/mol. The van der Waals surface area contributed by atoms with Gasteiger partial charge in [0.1, 0.15) is 11.8 Å². The second-order valence-corrected chi connectivity index (χ2v) is 7.28. The van der Waals surface area contributed by atoms with Crippen molar-refractivity contribution in [2.24, 2.45) is 0 Å². The van der Waals surface area contributed by atoms with Crippen LogP contribution in [-0.2, 0) is 16.1 Å². The van der Waals surface area contributed by atoms with Gasteiger partial charge in [-0.3, -0.25) is 9.59 Å². The first-order valence-electron chi connectivity index (χ1n) is 9.02. The van der Waals surface area contributed by atoms with Gasteiger partial charge < -0.3 is 15.0 Å². The normalized spacial score (nSPS) is 11.6. The van der Waals surface area contributed by atoms with E-state index in [1.54, 1.807) is 25.1 Å². The summed E-state index contributed by atoms with van der Waals surface area (Å²) < 4.78 is 5.57. The lowest BCUT2D eigenvalue weighted by Gasteiger charge is -2.28. The van der Waals surface area contributed by atoms with Crippen molar-refractivity contribution in [1.82, 2.24) is 10.2 Å². The third kappa shape index (κ3) is 6.14. The molecule has 1 unspecified atom stereocenters. The molecule has 1 N–H and O–H groups in total. The second-order valence-electron chi connectivity index (χ2n) is 6.44. The molecule has 0 saturated heterocycles. The summed E-state index contributed by atoms with van der Waals surface area (Å²) in [5.41, 5.74) is 2.05. The van der Waals surface area contributed by atoms with E-state index in [1.165, 1.54) is 4.90 Å². The summed E-state index contributed by atoms with van der Waals surface area (Å²) in [6.07, 6.45) is 0. The minimum absolute atomic E-state index is 0.215. The highest BCUT2D eigenvalue weighted by Gasteiger charge is 2.26. The maximum Gasteiger partial charge on any atom is 0.261 e. The van der Waals surface area contributed by atoms with E-state index in [1.807, 2.05) is 38.1 Å². The van der Waals surface area contributed by atoms with Crippen LogP contribution in [0.15, 0.2) is 42.5 Å². The molecule has 2 rings (SSSR count). The third-order valence-electron chi connectivity index (χ3n) is 4.24. The summed E-state index contributed by atoms with van der Waals surface area (Å²) in [5.74, 6) is -0.168. The number of ether oxygens (including phenoxy) is 1. The number of nitrogens with zero attached hydrogens (tertiary/aromatic N) is 1. The number of hydrogen-bond acceptors (Lipinski definition) is 3. The molecule has 7 heteroatoms. The zero-order valence-electron chi connectivity index (χ0n) is 16.2. The van der Waals surface area contributed by atoms with Crippen molar-refractivity contribution in [2.45, 2.75) is 33.4 Å². The summed E-state index contributed by atoms with van der Waals surface area (Å²) in [6.45, 7) is 6.08. The van der Waals surface area contributed by atoms with Crippen LogP contribution < -0.4 is 10.1 Å². The predicted octanol–water partition coefficient (Wildman–Crippen LogP) is 4.23. The van der Waals surface area contributed by atoms with Gasteiger partial charge in [0, 0.05) is 18.1 Å². The molecule has 0 heterocycles. The lowest BCUT2D eigenvalue weighted by molar-refractivity contribution is -0.142. The first kappa shape index (κ1) is 22.1. The summed E-state index contributed by atoms with van der Waals surface area (Å²) in [5, 5.41) is 3.56. The molecule has 5 nitrogen and oxygen atoms in total. The lowest BCUT2D eigenvalue weighted by atomic mass is 10.1. The maximum atomic E-state index is 12.9. The van der Waals surface area contributed by atoms with Gasteiger partial charge in [0.2, 0.25) is 5.91 Å². The Morgan fingerprint density at radius 3 is 2.43 bits per heavy atom. The Morgan fingerprint density at radius 1 is 1.14 bits per heavy atom. The zero-order valence-corrected chi connectivity index (χ0v) is 17.7. The van der Waals surface area contributed by atoms with E-state index in [9.17, 15) is 9.59 Å². The molecule has 0 aromatic heterocycles. The van der Waals surface area contributed by atoms with Crippen molar-refractivity contribution < 1.29 is 14.3 Å². The van der Waals surface area contributed by atoms with Gasteiger partial charge in [0.25, 0.3) is 5.91 Å². The highest BCUT2D eigenvalue weighted by atomic mass is 35.5. The van der Waals surface area contributed by atoms with Crippen molar-refractivity contribution in [2.75, 3.05) is 13.2 Å². The van der Waals surface area contributed by atoms with Gasteiger partial charge in [-0.05, 0) is 44.5 Å². The fourth-order valence-corrected chi connectivity index (χ4v) is 3.07. The van der Waals surface area contributed by atoms with Gasteiger partial charge >= 0.3 is 0 Å². The fourth-order valence-electron chi connectivity index (χ4n) is 2.61. The molecule has 0 bridgehead atoms. The van der Waals surface area contributed by atoms with E-state index in [0.717, 1.165) is 11.1 Å². The van der Waals surface area contributed by atoms with E-state index in [4.69, 9.17) is 27.9 Å². The molecule has 0 fully saturated rings. The quantitative estimate of drug-likeness (QED) is 0.691. The molecule has 0 aliphatic carbocycles. The molecule has 2 aromatic rings. The molecule has 0 saturated carbocycles. The Bertz CT molecular complexity index is 825. The van der Waals surface area contributed by atoms with Crippen molar-refractivity contribution in [3.8, 4) is 5.75 Å². The summed E-state index contributed by atoms with van der Waals surface area (Å²) in [7, 11) is 0. The van der Waals surface area contributed by atoms with Crippen LogP contribution in [0.5, 0.6) is 5.75 Å². The predicted molar refractivity (Wildman–Crippen MR) is 112 cm³/mol. The smallest absolute Gasteiger partial charge is 0.261 e. The van der Waals surface area contributed by atoms with E-state index in [2.05, 4.69) is 5.32 Å². The van der Waals surface area contributed by atoms with Crippen LogP contribution in [0.3, 0.4) is 0 Å². The molecule has 1 atom stereocenters. The number of rotatable bonds is 8. The number of likely N-dealkylation sites (N-methyl/N-ethyl adjacent to an activating group) is 1. The van der Waals surface area contributed by atoms with Crippen LogP contribution in [0, 0.1) is 6.92 Å². The molecule has 2 aromatic carbocycles. The molecule has 0 spiro atoms. The Kier molecular flexibility index (Phi) is 8.15. The monoisotopic (exact) mass is 422 g/mol. The van der Waals surface area contributed by atoms with E-state index < -0.39 is 6.04 Å². The van der Waals surface area contributed by atoms with Crippen molar-refractivity contribution in [1.29, 1.82) is 0 Å². The van der Waals surface area contributed by atoms with Crippen LogP contribution in [0.1, 0.15) is 25.0 Å². The summed E-state index contributed by atoms with van der Waals surface area (Å²) >= 11 is 12.0. The Balaban J connectivity index is 2.15. The second kappa shape index (κ2) is 10.3. The highest BCUT2D eigenvalue weighted by molar-refractivity contribution is 6.35. The van der Waals surface area contributed by atoms with Gasteiger partial charge in [-0.2, -0.15) is 0 Å². The van der Waals surface area contributed by atoms with Crippen LogP contribution >= 0.6 is 23.2 Å². The number of aryl methyl sites for hydroxylation is 1. The lowest BCUT2D eigenvalue weighted by Crippen LogP contribution is -2.49. The fraction of sp³-hybridized carbons (Fsp3) is 0.333. The van der Waals surface area contributed by atoms with Gasteiger partial charge in [-0.1, -0.05) is 53.0 Å². The maximum absolute atomic E-state index is 12.9. The van der Waals surface area contributed by atoms with Crippen LogP contribution in [-0.4, -0.2) is 35.9 Å². The highest BCUT2D eigenvalue weighted by Crippen LogP contribution is 2.27. The number of halogens is 2. The first-order valence-corrected chi connectivity index (χ1v) is 9.78. The molecule has 0 aliphatic heterocycles. The van der Waals surface area contributed by atoms with Crippen LogP contribution in [0.2, 0.25) is 10.0 Å². The molecule has 2 amide bonds. The van der Waals surface area contributed by atoms with E-state index in [-0.39, 0.29) is 18.4 Å².